The Balaban J connectivity index is 1.63. The van der Waals surface area contributed by atoms with Crippen molar-refractivity contribution in [1.29, 1.82) is 0 Å². The van der Waals surface area contributed by atoms with Gasteiger partial charge < -0.3 is 14.8 Å². The molecule has 2 atom stereocenters. The first-order chi connectivity index (χ1) is 11.7. The van der Waals surface area contributed by atoms with Crippen LogP contribution >= 0.6 is 0 Å². The van der Waals surface area contributed by atoms with E-state index in [-0.39, 0.29) is 5.91 Å². The molecule has 0 spiro atoms. The first kappa shape index (κ1) is 17.1. The molecule has 0 bridgehead atoms. The van der Waals surface area contributed by atoms with Crippen molar-refractivity contribution >= 4 is 11.6 Å². The molecule has 1 aromatic rings. The Morgan fingerprint density at radius 3 is 2.75 bits per heavy atom. The molecule has 132 valence electrons. The highest BCUT2D eigenvalue weighted by atomic mass is 16.5. The van der Waals surface area contributed by atoms with E-state index in [1.54, 1.807) is 20.3 Å². The molecule has 1 amide bonds. The zero-order valence-corrected chi connectivity index (χ0v) is 14.7. The molecule has 2 aliphatic rings. The third kappa shape index (κ3) is 3.83. The molecule has 1 aromatic carbocycles. The number of anilines is 1. The van der Waals surface area contributed by atoms with Crippen LogP contribution in [0.3, 0.4) is 0 Å². The van der Waals surface area contributed by atoms with Gasteiger partial charge in [0.15, 0.2) is 0 Å². The number of fused-ring (bicyclic) bond motifs is 1. The van der Waals surface area contributed by atoms with Gasteiger partial charge in [0, 0.05) is 12.1 Å². The van der Waals surface area contributed by atoms with Gasteiger partial charge in [0.25, 0.3) is 0 Å². The highest BCUT2D eigenvalue weighted by Gasteiger charge is 2.33. The quantitative estimate of drug-likeness (QED) is 0.899. The lowest BCUT2D eigenvalue weighted by Gasteiger charge is -2.43. The van der Waals surface area contributed by atoms with Gasteiger partial charge in [-0.2, -0.15) is 0 Å². The Hall–Kier alpha value is -1.75. The van der Waals surface area contributed by atoms with Crippen LogP contribution < -0.4 is 14.8 Å². The predicted molar refractivity (Wildman–Crippen MR) is 94.7 cm³/mol. The number of likely N-dealkylation sites (tertiary alicyclic amines) is 1. The lowest BCUT2D eigenvalue weighted by Crippen LogP contribution is -2.49. The van der Waals surface area contributed by atoms with Crippen molar-refractivity contribution in [2.75, 3.05) is 32.6 Å². The van der Waals surface area contributed by atoms with E-state index < -0.39 is 0 Å². The van der Waals surface area contributed by atoms with Gasteiger partial charge in [0.1, 0.15) is 11.5 Å². The van der Waals surface area contributed by atoms with Gasteiger partial charge in [-0.05, 0) is 50.3 Å². The van der Waals surface area contributed by atoms with Crippen molar-refractivity contribution in [1.82, 2.24) is 4.90 Å². The fourth-order valence-electron chi connectivity index (χ4n) is 4.20. The van der Waals surface area contributed by atoms with Crippen molar-refractivity contribution in [3.05, 3.63) is 18.2 Å². The van der Waals surface area contributed by atoms with E-state index in [0.29, 0.717) is 29.8 Å². The van der Waals surface area contributed by atoms with Crippen LogP contribution in [-0.2, 0) is 4.79 Å². The number of rotatable bonds is 5. The molecule has 1 aliphatic carbocycles. The first-order valence-corrected chi connectivity index (χ1v) is 8.97. The molecule has 1 saturated carbocycles. The van der Waals surface area contributed by atoms with E-state index in [4.69, 9.17) is 9.47 Å². The van der Waals surface area contributed by atoms with E-state index in [2.05, 4.69) is 10.2 Å². The fraction of sp³-hybridized carbons (Fsp3) is 0.632. The smallest absolute Gasteiger partial charge is 0.238 e. The molecule has 0 radical (unpaired) electrons. The normalized spacial score (nSPS) is 24.1. The van der Waals surface area contributed by atoms with Gasteiger partial charge >= 0.3 is 0 Å². The third-order valence-electron chi connectivity index (χ3n) is 5.39. The summed E-state index contributed by atoms with van der Waals surface area (Å²) in [6, 6.07) is 6.04. The number of nitrogens with one attached hydrogen (secondary N) is 1. The molecule has 0 aromatic heterocycles. The van der Waals surface area contributed by atoms with Gasteiger partial charge in [0.2, 0.25) is 5.91 Å². The highest BCUT2D eigenvalue weighted by Crippen LogP contribution is 2.35. The number of hydrogen-bond acceptors (Lipinski definition) is 4. The average Bonchev–Trinajstić information content (AvgIpc) is 2.62. The lowest BCUT2D eigenvalue weighted by atomic mass is 9.78. The zero-order valence-electron chi connectivity index (χ0n) is 14.7. The van der Waals surface area contributed by atoms with Crippen LogP contribution in [0.15, 0.2) is 18.2 Å². The summed E-state index contributed by atoms with van der Waals surface area (Å²) in [5.74, 6) is 2.16. The third-order valence-corrected chi connectivity index (χ3v) is 5.39. The minimum absolute atomic E-state index is 0.0321. The Kier molecular flexibility index (Phi) is 5.61. The minimum atomic E-state index is 0.0321. The van der Waals surface area contributed by atoms with Crippen molar-refractivity contribution in [3.63, 3.8) is 0 Å². The number of benzene rings is 1. The summed E-state index contributed by atoms with van der Waals surface area (Å²) in [7, 11) is 3.21. The molecule has 1 aliphatic heterocycles. The molecule has 3 rings (SSSR count). The molecule has 5 nitrogen and oxygen atoms in total. The van der Waals surface area contributed by atoms with Crippen LogP contribution in [0.1, 0.15) is 38.5 Å². The summed E-state index contributed by atoms with van der Waals surface area (Å²) >= 11 is 0. The number of piperidine rings is 1. The van der Waals surface area contributed by atoms with E-state index in [0.717, 1.165) is 12.5 Å². The topological polar surface area (TPSA) is 50.8 Å². The standard InChI is InChI=1S/C19H28N2O3/c1-23-15-9-10-16(18(12-15)24-2)20-19(22)13-21-11-5-7-14-6-3-4-8-17(14)21/h9-10,12,14,17H,3-8,11,13H2,1-2H3,(H,20,22)/t14-,17-/m0/s1. The number of methoxy groups -OCH3 is 2. The highest BCUT2D eigenvalue weighted by molar-refractivity contribution is 5.93. The van der Waals surface area contributed by atoms with Crippen LogP contribution in [0.25, 0.3) is 0 Å². The summed E-state index contributed by atoms with van der Waals surface area (Å²) in [6.07, 6.45) is 7.75. The maximum absolute atomic E-state index is 12.5. The summed E-state index contributed by atoms with van der Waals surface area (Å²) in [4.78, 5) is 14.9. The van der Waals surface area contributed by atoms with Gasteiger partial charge in [-0.15, -0.1) is 0 Å². The van der Waals surface area contributed by atoms with Crippen LogP contribution in [0.2, 0.25) is 0 Å². The van der Waals surface area contributed by atoms with Crippen LogP contribution in [0, 0.1) is 5.92 Å². The van der Waals surface area contributed by atoms with E-state index in [1.165, 1.54) is 38.5 Å². The molecule has 1 N–H and O–H groups in total. The largest absolute Gasteiger partial charge is 0.497 e. The summed E-state index contributed by atoms with van der Waals surface area (Å²) in [5.41, 5.74) is 0.695. The van der Waals surface area contributed by atoms with Crippen LogP contribution in [-0.4, -0.2) is 44.2 Å². The van der Waals surface area contributed by atoms with Crippen LogP contribution in [0.4, 0.5) is 5.69 Å². The average molecular weight is 332 g/mol. The van der Waals surface area contributed by atoms with Gasteiger partial charge in [0.05, 0.1) is 26.5 Å². The fourth-order valence-corrected chi connectivity index (χ4v) is 4.20. The molecule has 0 unspecified atom stereocenters. The maximum Gasteiger partial charge on any atom is 0.238 e. The van der Waals surface area contributed by atoms with Crippen molar-refractivity contribution < 1.29 is 14.3 Å². The molecule has 1 heterocycles. The molecule has 2 fully saturated rings. The zero-order chi connectivity index (χ0) is 16.9. The predicted octanol–water partition coefficient (Wildman–Crippen LogP) is 3.30. The second-order valence-electron chi connectivity index (χ2n) is 6.84. The van der Waals surface area contributed by atoms with Gasteiger partial charge in [-0.1, -0.05) is 12.8 Å². The summed E-state index contributed by atoms with van der Waals surface area (Å²) < 4.78 is 10.6. The monoisotopic (exact) mass is 332 g/mol. The number of hydrogen-bond donors (Lipinski definition) is 1. The number of amides is 1. The lowest BCUT2D eigenvalue weighted by molar-refractivity contribution is -0.118. The number of carbonyl (C=O) groups is 1. The van der Waals surface area contributed by atoms with Crippen molar-refractivity contribution in [3.8, 4) is 11.5 Å². The van der Waals surface area contributed by atoms with E-state index in [9.17, 15) is 4.79 Å². The Bertz CT molecular complexity index is 574. The van der Waals surface area contributed by atoms with Gasteiger partial charge in [-0.3, -0.25) is 9.69 Å². The Labute approximate surface area is 144 Å². The second kappa shape index (κ2) is 7.88. The number of carbonyl (C=O) groups excluding carboxylic acids is 1. The molecular formula is C19H28N2O3. The molecule has 1 saturated heterocycles. The Morgan fingerprint density at radius 2 is 1.96 bits per heavy atom. The van der Waals surface area contributed by atoms with E-state index >= 15 is 0 Å². The number of nitrogens with zero attached hydrogens (tertiary/aromatic N) is 1. The molecule has 24 heavy (non-hydrogen) atoms. The van der Waals surface area contributed by atoms with Gasteiger partial charge in [-0.25, -0.2) is 0 Å². The van der Waals surface area contributed by atoms with E-state index in [1.807, 2.05) is 12.1 Å². The Morgan fingerprint density at radius 1 is 1.17 bits per heavy atom. The summed E-state index contributed by atoms with van der Waals surface area (Å²) in [6.45, 7) is 1.50. The van der Waals surface area contributed by atoms with Crippen molar-refractivity contribution in [2.45, 2.75) is 44.6 Å². The summed E-state index contributed by atoms with van der Waals surface area (Å²) in [5, 5.41) is 2.99. The second-order valence-corrected chi connectivity index (χ2v) is 6.84. The molecule has 5 heteroatoms. The first-order valence-electron chi connectivity index (χ1n) is 8.97. The van der Waals surface area contributed by atoms with Crippen LogP contribution in [0.5, 0.6) is 11.5 Å². The SMILES string of the molecule is COc1ccc(NC(=O)CN2CCC[C@@H]3CCCC[C@@H]32)c(OC)c1. The maximum atomic E-state index is 12.5. The molecular weight excluding hydrogens is 304 g/mol. The number of ether oxygens (including phenoxy) is 2. The van der Waals surface area contributed by atoms with Crippen molar-refractivity contribution in [2.24, 2.45) is 5.92 Å². The minimum Gasteiger partial charge on any atom is -0.497 e.